The Bertz CT molecular complexity index is 475. The van der Waals surface area contributed by atoms with Crippen molar-refractivity contribution in [2.24, 2.45) is 5.73 Å². The highest BCUT2D eigenvalue weighted by molar-refractivity contribution is 6.30. The van der Waals surface area contributed by atoms with E-state index < -0.39 is 0 Å². The standard InChI is InChI=1S/C15H21ClN2O2/c1-18(14(19)11-15(17)6-3-7-15)8-9-20-13-5-2-4-12(16)10-13/h2,4-5,10H,3,6-9,11,17H2,1H3. The molecule has 1 aliphatic rings. The zero-order valence-electron chi connectivity index (χ0n) is 11.8. The summed E-state index contributed by atoms with van der Waals surface area (Å²) in [6.45, 7) is 0.988. The topological polar surface area (TPSA) is 55.6 Å². The minimum atomic E-state index is -0.265. The van der Waals surface area contributed by atoms with Crippen LogP contribution in [0.5, 0.6) is 5.75 Å². The Morgan fingerprint density at radius 3 is 2.85 bits per heavy atom. The van der Waals surface area contributed by atoms with Gasteiger partial charge in [-0.15, -0.1) is 0 Å². The fourth-order valence-electron chi connectivity index (χ4n) is 2.23. The van der Waals surface area contributed by atoms with Crippen molar-refractivity contribution in [3.63, 3.8) is 0 Å². The van der Waals surface area contributed by atoms with Crippen molar-refractivity contribution in [2.75, 3.05) is 20.2 Å². The summed E-state index contributed by atoms with van der Waals surface area (Å²) in [7, 11) is 1.78. The normalized spacial score (nSPS) is 16.4. The molecule has 1 fully saturated rings. The van der Waals surface area contributed by atoms with Crippen molar-refractivity contribution < 1.29 is 9.53 Å². The van der Waals surface area contributed by atoms with Gasteiger partial charge in [0.15, 0.2) is 0 Å². The number of hydrogen-bond acceptors (Lipinski definition) is 3. The van der Waals surface area contributed by atoms with Crippen molar-refractivity contribution in [3.05, 3.63) is 29.3 Å². The second kappa shape index (κ2) is 6.46. The summed E-state index contributed by atoms with van der Waals surface area (Å²) in [6.07, 6.45) is 3.46. The summed E-state index contributed by atoms with van der Waals surface area (Å²) in [4.78, 5) is 13.7. The molecular formula is C15H21ClN2O2. The van der Waals surface area contributed by atoms with Crippen LogP contribution in [0.4, 0.5) is 0 Å². The maximum absolute atomic E-state index is 12.0. The number of rotatable bonds is 6. The van der Waals surface area contributed by atoms with Crippen LogP contribution in [-0.4, -0.2) is 36.5 Å². The third-order valence-corrected chi connectivity index (χ3v) is 4.00. The number of hydrogen-bond donors (Lipinski definition) is 1. The number of nitrogens with two attached hydrogens (primary N) is 1. The Kier molecular flexibility index (Phi) is 4.89. The van der Waals surface area contributed by atoms with Gasteiger partial charge in [0.05, 0.1) is 6.54 Å². The zero-order chi connectivity index (χ0) is 14.6. The largest absolute Gasteiger partial charge is 0.492 e. The molecule has 2 N–H and O–H groups in total. The quantitative estimate of drug-likeness (QED) is 0.877. The molecule has 1 saturated carbocycles. The molecule has 2 rings (SSSR count). The van der Waals surface area contributed by atoms with E-state index in [1.807, 2.05) is 12.1 Å². The third-order valence-electron chi connectivity index (χ3n) is 3.77. The van der Waals surface area contributed by atoms with Gasteiger partial charge < -0.3 is 15.4 Å². The van der Waals surface area contributed by atoms with Crippen LogP contribution in [0.2, 0.25) is 5.02 Å². The van der Waals surface area contributed by atoms with Gasteiger partial charge in [-0.3, -0.25) is 4.79 Å². The molecule has 1 aliphatic carbocycles. The second-order valence-electron chi connectivity index (χ2n) is 5.51. The van der Waals surface area contributed by atoms with E-state index in [4.69, 9.17) is 22.1 Å². The summed E-state index contributed by atoms with van der Waals surface area (Å²) >= 11 is 5.87. The van der Waals surface area contributed by atoms with Gasteiger partial charge in [0.1, 0.15) is 12.4 Å². The molecule has 0 spiro atoms. The molecule has 1 amide bonds. The Labute approximate surface area is 124 Å². The summed E-state index contributed by atoms with van der Waals surface area (Å²) < 4.78 is 5.57. The Morgan fingerprint density at radius 1 is 1.50 bits per heavy atom. The lowest BCUT2D eigenvalue weighted by Crippen LogP contribution is -2.50. The highest BCUT2D eigenvalue weighted by Crippen LogP contribution is 2.32. The average Bonchev–Trinajstić information content (AvgIpc) is 2.36. The smallest absolute Gasteiger partial charge is 0.224 e. The predicted molar refractivity (Wildman–Crippen MR) is 80.0 cm³/mol. The first-order valence-electron chi connectivity index (χ1n) is 6.90. The first-order chi connectivity index (χ1) is 9.48. The van der Waals surface area contributed by atoms with Crippen LogP contribution in [0.1, 0.15) is 25.7 Å². The van der Waals surface area contributed by atoms with E-state index in [-0.39, 0.29) is 11.4 Å². The molecule has 0 heterocycles. The number of amides is 1. The van der Waals surface area contributed by atoms with Crippen LogP contribution in [-0.2, 0) is 4.79 Å². The highest BCUT2D eigenvalue weighted by Gasteiger charge is 2.35. The van der Waals surface area contributed by atoms with Gasteiger partial charge in [0, 0.05) is 24.0 Å². The SMILES string of the molecule is CN(CCOc1cccc(Cl)c1)C(=O)CC1(N)CCC1. The van der Waals surface area contributed by atoms with Gasteiger partial charge in [-0.25, -0.2) is 0 Å². The molecule has 1 aromatic carbocycles. The van der Waals surface area contributed by atoms with E-state index in [0.29, 0.717) is 30.3 Å². The van der Waals surface area contributed by atoms with Crippen LogP contribution in [0, 0.1) is 0 Å². The number of carbonyl (C=O) groups is 1. The molecule has 0 radical (unpaired) electrons. The summed E-state index contributed by atoms with van der Waals surface area (Å²) in [6, 6.07) is 7.23. The molecule has 20 heavy (non-hydrogen) atoms. The zero-order valence-corrected chi connectivity index (χ0v) is 12.5. The Hall–Kier alpha value is -1.26. The summed E-state index contributed by atoms with van der Waals surface area (Å²) in [5.74, 6) is 0.800. The molecule has 1 aromatic rings. The Balaban J connectivity index is 1.71. The molecule has 0 aliphatic heterocycles. The van der Waals surface area contributed by atoms with Crippen molar-refractivity contribution in [1.82, 2.24) is 4.90 Å². The molecule has 5 heteroatoms. The molecule has 110 valence electrons. The fourth-order valence-corrected chi connectivity index (χ4v) is 2.41. The maximum atomic E-state index is 12.0. The van der Waals surface area contributed by atoms with Crippen LogP contribution in [0.15, 0.2) is 24.3 Å². The number of halogens is 1. The lowest BCUT2D eigenvalue weighted by molar-refractivity contribution is -0.132. The molecule has 4 nitrogen and oxygen atoms in total. The van der Waals surface area contributed by atoms with Crippen LogP contribution < -0.4 is 10.5 Å². The van der Waals surface area contributed by atoms with E-state index in [2.05, 4.69) is 0 Å². The van der Waals surface area contributed by atoms with Gasteiger partial charge in [-0.2, -0.15) is 0 Å². The van der Waals surface area contributed by atoms with E-state index in [1.54, 1.807) is 24.1 Å². The minimum Gasteiger partial charge on any atom is -0.492 e. The lowest BCUT2D eigenvalue weighted by Gasteiger charge is -2.38. The lowest BCUT2D eigenvalue weighted by atomic mass is 9.75. The fraction of sp³-hybridized carbons (Fsp3) is 0.533. The molecule has 0 unspecified atom stereocenters. The first kappa shape index (κ1) is 15.1. The van der Waals surface area contributed by atoms with E-state index in [0.717, 1.165) is 19.3 Å². The summed E-state index contributed by atoms with van der Waals surface area (Å²) in [5.41, 5.74) is 5.82. The first-order valence-corrected chi connectivity index (χ1v) is 7.28. The summed E-state index contributed by atoms with van der Waals surface area (Å²) in [5, 5.41) is 0.641. The number of likely N-dealkylation sites (N-methyl/N-ethyl adjacent to an activating group) is 1. The monoisotopic (exact) mass is 296 g/mol. The van der Waals surface area contributed by atoms with Crippen molar-refractivity contribution in [3.8, 4) is 5.75 Å². The number of nitrogens with zero attached hydrogens (tertiary/aromatic N) is 1. The number of ether oxygens (including phenoxy) is 1. The van der Waals surface area contributed by atoms with Crippen LogP contribution in [0.25, 0.3) is 0 Å². The van der Waals surface area contributed by atoms with Gasteiger partial charge in [0.2, 0.25) is 5.91 Å². The van der Waals surface area contributed by atoms with Gasteiger partial charge in [-0.1, -0.05) is 17.7 Å². The highest BCUT2D eigenvalue weighted by atomic mass is 35.5. The maximum Gasteiger partial charge on any atom is 0.224 e. The average molecular weight is 297 g/mol. The van der Waals surface area contributed by atoms with E-state index in [1.165, 1.54) is 0 Å². The van der Waals surface area contributed by atoms with Crippen molar-refractivity contribution in [1.29, 1.82) is 0 Å². The van der Waals surface area contributed by atoms with E-state index in [9.17, 15) is 4.79 Å². The van der Waals surface area contributed by atoms with Crippen molar-refractivity contribution >= 4 is 17.5 Å². The van der Waals surface area contributed by atoms with Crippen LogP contribution >= 0.6 is 11.6 Å². The molecular weight excluding hydrogens is 276 g/mol. The van der Waals surface area contributed by atoms with Gasteiger partial charge in [0.25, 0.3) is 0 Å². The number of benzene rings is 1. The molecule has 0 aromatic heterocycles. The second-order valence-corrected chi connectivity index (χ2v) is 5.95. The van der Waals surface area contributed by atoms with Crippen LogP contribution in [0.3, 0.4) is 0 Å². The predicted octanol–water partition coefficient (Wildman–Crippen LogP) is 2.45. The van der Waals surface area contributed by atoms with Gasteiger partial charge >= 0.3 is 0 Å². The molecule has 0 atom stereocenters. The number of carbonyl (C=O) groups excluding carboxylic acids is 1. The van der Waals surface area contributed by atoms with Crippen molar-refractivity contribution in [2.45, 2.75) is 31.2 Å². The molecule has 0 bridgehead atoms. The van der Waals surface area contributed by atoms with E-state index >= 15 is 0 Å². The Morgan fingerprint density at radius 2 is 2.25 bits per heavy atom. The van der Waals surface area contributed by atoms with Gasteiger partial charge in [-0.05, 0) is 37.5 Å². The minimum absolute atomic E-state index is 0.0851. The molecule has 0 saturated heterocycles. The third kappa shape index (κ3) is 4.12.